The van der Waals surface area contributed by atoms with E-state index in [9.17, 15) is 15.8 Å². The summed E-state index contributed by atoms with van der Waals surface area (Å²) in [4.78, 5) is 9.76. The van der Waals surface area contributed by atoms with Crippen molar-refractivity contribution in [2.75, 3.05) is 40.7 Å². The topological polar surface area (TPSA) is 90.8 Å². The van der Waals surface area contributed by atoms with E-state index in [0.717, 1.165) is 118 Å². The van der Waals surface area contributed by atoms with Crippen molar-refractivity contribution in [3.63, 3.8) is 0 Å². The Hall–Kier alpha value is -10.4. The third-order valence-corrected chi connectivity index (χ3v) is 25.3. The maximum atomic E-state index is 11.5. The lowest BCUT2D eigenvalue weighted by Crippen LogP contribution is -2.66. The summed E-state index contributed by atoms with van der Waals surface area (Å²) < 4.78 is 4.79. The highest BCUT2D eigenvalue weighted by atomic mass is 32.2. The van der Waals surface area contributed by atoms with Crippen LogP contribution in [0.5, 0.6) is 0 Å². The average molecular weight is 1460 g/mol. The number of hydrogen-bond acceptors (Lipinski definition) is 11. The van der Waals surface area contributed by atoms with Crippen LogP contribution < -0.4 is 77.4 Å². The third kappa shape index (κ3) is 11.2. The molecule has 11 aromatic carbocycles. The van der Waals surface area contributed by atoms with Crippen molar-refractivity contribution in [2.24, 2.45) is 0 Å². The molecule has 109 heavy (non-hydrogen) atoms. The normalized spacial score (nSPS) is 14.5. The molecule has 0 spiro atoms. The highest BCUT2D eigenvalue weighted by molar-refractivity contribution is 8.00. The molecule has 0 N–H and O–H groups in total. The predicted molar refractivity (Wildman–Crippen MR) is 470 cm³/mol. The maximum absolute atomic E-state index is 11.5. The predicted octanol–water partition coefficient (Wildman–Crippen LogP) is 19.2. The Morgan fingerprint density at radius 1 is 0.239 bits per heavy atom. The zero-order valence-corrected chi connectivity index (χ0v) is 68.2. The van der Waals surface area contributed by atoms with Crippen LogP contribution in [0.15, 0.2) is 194 Å². The van der Waals surface area contributed by atoms with Gasteiger partial charge in [0.05, 0.1) is 46.3 Å². The SMILES string of the molecule is CSN1c2cc3c(cc2B2c4cc(C(C)(C)C)ccc4N(c4ccc(C(C)(C)C)cc4)c4cc(C#N)cc1c42)B1c2cc4c(cc2N(SC)c2cc(C#N)cc(c21)N3c1ccc(C(C)(C)C)cc1)N(c1ccc(C(C)(C)C)cc1)c1cc(C#N)cc2c1B4c1cc(C(C)(C)C)ccc1N2c1ccc(C(C)(C)C)cc1. The summed E-state index contributed by atoms with van der Waals surface area (Å²) >= 11 is 3.34. The Morgan fingerprint density at radius 2 is 0.459 bits per heavy atom. The van der Waals surface area contributed by atoms with Gasteiger partial charge in [0.1, 0.15) is 0 Å². The van der Waals surface area contributed by atoms with E-state index in [1.165, 1.54) is 55.2 Å². The first kappa shape index (κ1) is 71.5. The molecule has 0 amide bonds. The molecule has 0 bridgehead atoms. The van der Waals surface area contributed by atoms with E-state index in [-0.39, 0.29) is 52.6 Å². The summed E-state index contributed by atoms with van der Waals surface area (Å²) in [6.07, 6.45) is 4.33. The minimum atomic E-state index is -0.374. The molecule has 538 valence electrons. The van der Waals surface area contributed by atoms with E-state index < -0.39 is 0 Å². The zero-order valence-electron chi connectivity index (χ0n) is 66.5. The van der Waals surface area contributed by atoms with E-state index in [1.54, 1.807) is 23.9 Å². The second-order valence-electron chi connectivity index (χ2n) is 36.9. The molecule has 11 aromatic rings. The quantitative estimate of drug-likeness (QED) is 0.118. The smallest absolute Gasteiger partial charge is 0.252 e. The number of fused-ring (bicyclic) bond motifs is 12. The van der Waals surface area contributed by atoms with E-state index in [2.05, 4.69) is 378 Å². The number of hydrogen-bond donors (Lipinski definition) is 0. The van der Waals surface area contributed by atoms with Crippen molar-refractivity contribution in [3.05, 3.63) is 244 Å². The second kappa shape index (κ2) is 24.8. The van der Waals surface area contributed by atoms with Gasteiger partial charge < -0.3 is 19.6 Å². The van der Waals surface area contributed by atoms with Gasteiger partial charge in [-0.3, -0.25) is 8.61 Å². The summed E-state index contributed by atoms with van der Waals surface area (Å²) in [5, 5.41) is 34.2. The number of nitrogens with zero attached hydrogens (tertiary/aromatic N) is 9. The fourth-order valence-corrected chi connectivity index (χ4v) is 19.4. The molecule has 17 rings (SSSR count). The van der Waals surface area contributed by atoms with Crippen LogP contribution in [-0.4, -0.2) is 32.6 Å². The number of anilines is 16. The van der Waals surface area contributed by atoms with Gasteiger partial charge >= 0.3 is 0 Å². The van der Waals surface area contributed by atoms with Crippen LogP contribution in [0.4, 0.5) is 91.0 Å². The lowest BCUT2D eigenvalue weighted by molar-refractivity contribution is 0.590. The minimum Gasteiger partial charge on any atom is -0.311 e. The first-order chi connectivity index (χ1) is 51.6. The van der Waals surface area contributed by atoms with E-state index in [0.29, 0.717) is 16.7 Å². The summed E-state index contributed by atoms with van der Waals surface area (Å²) in [5.74, 6) is 0. The fraction of sp³-hybridized carbons (Fsp3) is 0.274. The van der Waals surface area contributed by atoms with Crippen LogP contribution in [0.25, 0.3) is 0 Å². The molecule has 6 heterocycles. The Balaban J connectivity index is 0.991. The van der Waals surface area contributed by atoms with Crippen molar-refractivity contribution in [1.82, 2.24) is 0 Å². The standard InChI is InChI=1S/C95H92B3N9S2/c1-90(2,3)59-21-31-65(32-22-59)102-75-39-29-63(94(13,14)15)47-69(75)96-71-49-74-80(51-77(71)104(67-35-25-61(26-36-67)92(7,8)9)82-42-56(53-99)41-81(102)87(82)96)107(109-20)86-46-58(55-101)44-84-89(86)98(74)72-50-73-79(52-78(72)105(84)68-37-27-62(28-38-68)93(10,11)12)106(108-19)85-45-57(54-100)43-83-88(85)97(73)70-48-64(95(16,17)18)30-40-76(70)103(83)66-33-23-60(24-34-66)91(4,5)6/h21-52H,1-20H3. The van der Waals surface area contributed by atoms with Gasteiger partial charge in [-0.1, -0.05) is 210 Å². The third-order valence-electron chi connectivity index (χ3n) is 23.8. The van der Waals surface area contributed by atoms with Gasteiger partial charge in [-0.05, 0) is 248 Å². The molecule has 6 aliphatic rings. The molecule has 0 aromatic heterocycles. The van der Waals surface area contributed by atoms with Crippen molar-refractivity contribution < 1.29 is 0 Å². The van der Waals surface area contributed by atoms with Crippen molar-refractivity contribution in [2.45, 2.75) is 157 Å². The van der Waals surface area contributed by atoms with Gasteiger partial charge in [-0.25, -0.2) is 0 Å². The maximum Gasteiger partial charge on any atom is 0.252 e. The molecule has 0 atom stereocenters. The minimum absolute atomic E-state index is 0.0558. The Kier molecular flexibility index (Phi) is 16.3. The van der Waals surface area contributed by atoms with Crippen LogP contribution >= 0.6 is 23.9 Å². The lowest BCUT2D eigenvalue weighted by atomic mass is 9.29. The first-order valence-corrected chi connectivity index (χ1v) is 40.7. The molecule has 14 heteroatoms. The highest BCUT2D eigenvalue weighted by Crippen LogP contribution is 2.52. The molecule has 0 radical (unpaired) electrons. The van der Waals surface area contributed by atoms with Crippen molar-refractivity contribution in [3.8, 4) is 18.2 Å². The zero-order chi connectivity index (χ0) is 77.0. The Bertz CT molecular complexity index is 5800. The summed E-state index contributed by atoms with van der Waals surface area (Å²) in [5.41, 5.74) is 35.1. The Labute approximate surface area is 655 Å². The fourth-order valence-electron chi connectivity index (χ4n) is 18.0. The molecule has 9 nitrogen and oxygen atoms in total. The number of benzene rings is 11. The van der Waals surface area contributed by atoms with E-state index in [1.807, 2.05) is 0 Å². The van der Waals surface area contributed by atoms with Gasteiger partial charge in [0.2, 0.25) is 0 Å². The van der Waals surface area contributed by atoms with Crippen LogP contribution in [0, 0.1) is 34.0 Å². The molecule has 0 saturated carbocycles. The van der Waals surface area contributed by atoms with Crippen LogP contribution in [0.1, 0.15) is 175 Å². The molecule has 6 aliphatic heterocycles. The summed E-state index contributed by atoms with van der Waals surface area (Å²) in [7, 11) is 0. The van der Waals surface area contributed by atoms with Crippen molar-refractivity contribution >= 4 is 184 Å². The largest absolute Gasteiger partial charge is 0.311 e. The second-order valence-corrected chi connectivity index (χ2v) is 38.3. The van der Waals surface area contributed by atoms with Crippen LogP contribution in [0.2, 0.25) is 0 Å². The average Bonchev–Trinajstić information content (AvgIpc) is 0.682. The van der Waals surface area contributed by atoms with Gasteiger partial charge in [0.25, 0.3) is 20.1 Å². The molecule has 0 unspecified atom stereocenters. The van der Waals surface area contributed by atoms with Gasteiger partial charge in [-0.15, -0.1) is 0 Å². The van der Waals surface area contributed by atoms with Crippen LogP contribution in [0.3, 0.4) is 0 Å². The van der Waals surface area contributed by atoms with Gasteiger partial charge in [0, 0.05) is 92.1 Å². The summed E-state index contributed by atoms with van der Waals surface area (Å²) in [6, 6.07) is 81.6. The lowest BCUT2D eigenvalue weighted by Gasteiger charge is -2.48. The van der Waals surface area contributed by atoms with E-state index in [4.69, 9.17) is 0 Å². The van der Waals surface area contributed by atoms with Crippen molar-refractivity contribution in [1.29, 1.82) is 15.8 Å². The van der Waals surface area contributed by atoms with Crippen LogP contribution in [-0.2, 0) is 32.5 Å². The number of nitriles is 3. The molecule has 0 fully saturated rings. The first-order valence-electron chi connectivity index (χ1n) is 38.3. The molecule has 0 aliphatic carbocycles. The molecule has 0 saturated heterocycles. The molecular formula is C95H92B3N9S2. The van der Waals surface area contributed by atoms with Gasteiger partial charge in [0.15, 0.2) is 0 Å². The monoisotopic (exact) mass is 1460 g/mol. The highest BCUT2D eigenvalue weighted by Gasteiger charge is 2.52. The number of rotatable bonds is 6. The molecular weight excluding hydrogens is 1360 g/mol. The van der Waals surface area contributed by atoms with E-state index >= 15 is 0 Å². The van der Waals surface area contributed by atoms with Gasteiger partial charge in [-0.2, -0.15) is 15.8 Å². The Morgan fingerprint density at radius 3 is 0.706 bits per heavy atom. The summed E-state index contributed by atoms with van der Waals surface area (Å²) in [6.45, 7) is 40.2.